The van der Waals surface area contributed by atoms with E-state index < -0.39 is 0 Å². The van der Waals surface area contributed by atoms with E-state index in [1.807, 2.05) is 49.4 Å². The lowest BCUT2D eigenvalue weighted by atomic mass is 10.1. The van der Waals surface area contributed by atoms with Crippen LogP contribution in [-0.4, -0.2) is 10.1 Å². The number of nitrogens with zero attached hydrogens (tertiary/aromatic N) is 1. The second-order valence-electron chi connectivity index (χ2n) is 6.17. The van der Waals surface area contributed by atoms with Crippen LogP contribution in [-0.2, 0) is 6.61 Å². The van der Waals surface area contributed by atoms with Gasteiger partial charge in [-0.1, -0.05) is 41.4 Å². The van der Waals surface area contributed by atoms with Gasteiger partial charge >= 0.3 is 0 Å². The smallest absolute Gasteiger partial charge is 0.171 e. The molecular weight excluding hydrogens is 413 g/mol. The van der Waals surface area contributed by atoms with E-state index in [1.54, 1.807) is 24.5 Å². The zero-order valence-corrected chi connectivity index (χ0v) is 17.5. The molecule has 2 N–H and O–H groups in total. The lowest BCUT2D eigenvalue weighted by Gasteiger charge is -2.18. The summed E-state index contributed by atoms with van der Waals surface area (Å²) < 4.78 is 5.79. The molecule has 0 spiro atoms. The van der Waals surface area contributed by atoms with E-state index in [0.717, 1.165) is 22.6 Å². The van der Waals surface area contributed by atoms with Gasteiger partial charge in [0.15, 0.2) is 5.11 Å². The van der Waals surface area contributed by atoms with Crippen molar-refractivity contribution in [3.63, 3.8) is 0 Å². The molecule has 0 saturated carbocycles. The first kappa shape index (κ1) is 20.4. The molecule has 0 aliphatic heterocycles. The number of hydrogen-bond donors (Lipinski definition) is 2. The molecule has 2 aromatic carbocycles. The number of thiocarbonyl (C=S) groups is 1. The Bertz CT molecular complexity index is 936. The van der Waals surface area contributed by atoms with Crippen molar-refractivity contribution < 1.29 is 4.74 Å². The van der Waals surface area contributed by atoms with Crippen molar-refractivity contribution in [2.75, 3.05) is 5.32 Å². The van der Waals surface area contributed by atoms with Crippen LogP contribution in [0.3, 0.4) is 0 Å². The van der Waals surface area contributed by atoms with Gasteiger partial charge in [-0.25, -0.2) is 0 Å². The minimum atomic E-state index is 0.0233. The molecule has 0 saturated heterocycles. The normalized spacial score (nSPS) is 11.5. The highest BCUT2D eigenvalue weighted by atomic mass is 35.5. The maximum Gasteiger partial charge on any atom is 0.171 e. The number of anilines is 1. The van der Waals surface area contributed by atoms with Gasteiger partial charge in [-0.05, 0) is 61.1 Å². The summed E-state index contributed by atoms with van der Waals surface area (Å²) in [6, 6.07) is 17.1. The largest absolute Gasteiger partial charge is 0.489 e. The van der Waals surface area contributed by atoms with Gasteiger partial charge in [-0.2, -0.15) is 0 Å². The topological polar surface area (TPSA) is 46.2 Å². The predicted octanol–water partition coefficient (Wildman–Crippen LogP) is 6.02. The molecule has 3 rings (SSSR count). The number of nitrogens with one attached hydrogen (secondary N) is 2. The molecule has 3 aromatic rings. The van der Waals surface area contributed by atoms with Crippen LogP contribution in [0.4, 0.5) is 5.69 Å². The summed E-state index contributed by atoms with van der Waals surface area (Å²) in [5.41, 5.74) is 2.89. The summed E-state index contributed by atoms with van der Waals surface area (Å²) in [5.74, 6) is 0.802. The van der Waals surface area contributed by atoms with Gasteiger partial charge in [0.2, 0.25) is 0 Å². The molecule has 0 bridgehead atoms. The van der Waals surface area contributed by atoms with E-state index in [-0.39, 0.29) is 6.04 Å². The molecule has 4 nitrogen and oxygen atoms in total. The minimum Gasteiger partial charge on any atom is -0.489 e. The summed E-state index contributed by atoms with van der Waals surface area (Å²) in [4.78, 5) is 4.08. The Morgan fingerprint density at radius 2 is 1.89 bits per heavy atom. The first-order valence-corrected chi connectivity index (χ1v) is 9.82. The maximum absolute atomic E-state index is 6.03. The quantitative estimate of drug-likeness (QED) is 0.467. The van der Waals surface area contributed by atoms with Crippen LogP contribution in [0.15, 0.2) is 67.0 Å². The Morgan fingerprint density at radius 3 is 2.57 bits per heavy atom. The first-order valence-electron chi connectivity index (χ1n) is 8.65. The van der Waals surface area contributed by atoms with E-state index >= 15 is 0 Å². The summed E-state index contributed by atoms with van der Waals surface area (Å²) in [6.45, 7) is 2.52. The average Bonchev–Trinajstić information content (AvgIpc) is 2.70. The minimum absolute atomic E-state index is 0.0233. The number of benzene rings is 2. The van der Waals surface area contributed by atoms with Crippen LogP contribution < -0.4 is 15.4 Å². The van der Waals surface area contributed by atoms with E-state index in [2.05, 4.69) is 15.6 Å². The van der Waals surface area contributed by atoms with Gasteiger partial charge < -0.3 is 15.4 Å². The van der Waals surface area contributed by atoms with Crippen molar-refractivity contribution in [2.45, 2.75) is 19.6 Å². The molecule has 1 atom stereocenters. The molecule has 144 valence electrons. The zero-order chi connectivity index (χ0) is 19.9. The second-order valence-corrected chi connectivity index (χ2v) is 7.39. The number of ether oxygens (including phenoxy) is 1. The number of aromatic nitrogens is 1. The van der Waals surface area contributed by atoms with Crippen LogP contribution in [0.5, 0.6) is 5.75 Å². The van der Waals surface area contributed by atoms with E-state index in [0.29, 0.717) is 21.8 Å². The zero-order valence-electron chi connectivity index (χ0n) is 15.2. The van der Waals surface area contributed by atoms with Crippen molar-refractivity contribution in [3.05, 3.63) is 88.2 Å². The van der Waals surface area contributed by atoms with Gasteiger partial charge in [0.25, 0.3) is 0 Å². The second kappa shape index (κ2) is 9.73. The Hall–Kier alpha value is -2.34. The monoisotopic (exact) mass is 431 g/mol. The lowest BCUT2D eigenvalue weighted by molar-refractivity contribution is 0.305. The van der Waals surface area contributed by atoms with Crippen LogP contribution in [0, 0.1) is 0 Å². The van der Waals surface area contributed by atoms with Crippen LogP contribution >= 0.6 is 35.4 Å². The van der Waals surface area contributed by atoms with Gasteiger partial charge in [-0.3, -0.25) is 4.98 Å². The fourth-order valence-electron chi connectivity index (χ4n) is 2.52. The summed E-state index contributed by atoms with van der Waals surface area (Å²) in [7, 11) is 0. The predicted molar refractivity (Wildman–Crippen MR) is 119 cm³/mol. The summed E-state index contributed by atoms with van der Waals surface area (Å²) >= 11 is 17.3. The fourth-order valence-corrected chi connectivity index (χ4v) is 3.12. The molecule has 7 heteroatoms. The maximum atomic E-state index is 6.03. The molecule has 0 radical (unpaired) electrons. The highest BCUT2D eigenvalue weighted by Gasteiger charge is 2.08. The van der Waals surface area contributed by atoms with Gasteiger partial charge in [0.05, 0.1) is 16.1 Å². The van der Waals surface area contributed by atoms with Crippen molar-refractivity contribution in [1.29, 1.82) is 0 Å². The first-order chi connectivity index (χ1) is 13.5. The number of halogens is 2. The average molecular weight is 432 g/mol. The van der Waals surface area contributed by atoms with E-state index in [1.165, 1.54) is 0 Å². The van der Waals surface area contributed by atoms with Gasteiger partial charge in [0, 0.05) is 23.6 Å². The summed E-state index contributed by atoms with van der Waals surface area (Å²) in [5, 5.41) is 7.84. The van der Waals surface area contributed by atoms with Crippen LogP contribution in [0.2, 0.25) is 10.0 Å². The molecule has 0 aliphatic carbocycles. The lowest BCUT2D eigenvalue weighted by Crippen LogP contribution is -2.30. The number of hydrogen-bond acceptors (Lipinski definition) is 3. The third kappa shape index (κ3) is 5.83. The Kier molecular flexibility index (Phi) is 7.09. The van der Waals surface area contributed by atoms with Crippen molar-refractivity contribution >= 4 is 46.2 Å². The van der Waals surface area contributed by atoms with Gasteiger partial charge in [-0.15, -0.1) is 0 Å². The SMILES string of the molecule is CC(NC(=S)Nc1ccc(Cl)c(Cl)c1)c1ccc(OCc2cccnc2)cc1. The molecule has 1 unspecified atom stereocenters. The molecule has 28 heavy (non-hydrogen) atoms. The van der Waals surface area contributed by atoms with Crippen LogP contribution in [0.25, 0.3) is 0 Å². The Morgan fingerprint density at radius 1 is 1.11 bits per heavy atom. The highest BCUT2D eigenvalue weighted by Crippen LogP contribution is 2.25. The van der Waals surface area contributed by atoms with Gasteiger partial charge in [0.1, 0.15) is 12.4 Å². The number of rotatable bonds is 6. The van der Waals surface area contributed by atoms with E-state index in [9.17, 15) is 0 Å². The molecule has 1 aromatic heterocycles. The highest BCUT2D eigenvalue weighted by molar-refractivity contribution is 7.80. The van der Waals surface area contributed by atoms with Crippen molar-refractivity contribution in [2.24, 2.45) is 0 Å². The summed E-state index contributed by atoms with van der Waals surface area (Å²) in [6.07, 6.45) is 3.54. The molecule has 0 aliphatic rings. The molecule has 0 fully saturated rings. The Balaban J connectivity index is 1.52. The molecule has 0 amide bonds. The van der Waals surface area contributed by atoms with E-state index in [4.69, 9.17) is 40.2 Å². The molecule has 1 heterocycles. The third-order valence-electron chi connectivity index (χ3n) is 4.03. The Labute approximate surface area is 179 Å². The standard InChI is InChI=1S/C21H19Cl2N3OS/c1-14(25-21(28)26-17-6-9-19(22)20(23)11-17)16-4-7-18(8-5-16)27-13-15-3-2-10-24-12-15/h2-12,14H,13H2,1H3,(H2,25,26,28). The van der Waals surface area contributed by atoms with Crippen LogP contribution in [0.1, 0.15) is 24.1 Å². The fraction of sp³-hybridized carbons (Fsp3) is 0.143. The third-order valence-corrected chi connectivity index (χ3v) is 4.99. The van der Waals surface area contributed by atoms with Crippen molar-refractivity contribution in [3.8, 4) is 5.75 Å². The number of pyridine rings is 1. The molecular formula is C21H19Cl2N3OS. The van der Waals surface area contributed by atoms with Crippen molar-refractivity contribution in [1.82, 2.24) is 10.3 Å².